The predicted octanol–water partition coefficient (Wildman–Crippen LogP) is 3.80. The van der Waals surface area contributed by atoms with Crippen LogP contribution < -0.4 is 16.0 Å². The molecule has 29 heavy (non-hydrogen) atoms. The zero-order chi connectivity index (χ0) is 20.2. The molecule has 0 spiro atoms. The van der Waals surface area contributed by atoms with E-state index in [-0.39, 0.29) is 0 Å². The van der Waals surface area contributed by atoms with Crippen LogP contribution >= 0.6 is 11.6 Å². The van der Waals surface area contributed by atoms with E-state index in [1.807, 2.05) is 30.3 Å². The highest BCUT2D eigenvalue weighted by molar-refractivity contribution is 6.30. The summed E-state index contributed by atoms with van der Waals surface area (Å²) in [6, 6.07) is 21.6. The third-order valence-electron chi connectivity index (χ3n) is 4.31. The third kappa shape index (κ3) is 4.12. The number of hydrogen-bond donors (Lipinski definition) is 1. The van der Waals surface area contributed by atoms with Gasteiger partial charge in [-0.15, -0.1) is 4.68 Å². The average molecular weight is 406 g/mol. The Balaban J connectivity index is 1.68. The van der Waals surface area contributed by atoms with E-state index in [1.165, 1.54) is 6.21 Å². The van der Waals surface area contributed by atoms with Gasteiger partial charge in [-0.3, -0.25) is 4.79 Å². The number of nitrogens with zero attached hydrogens (tertiary/aromatic N) is 2. The van der Waals surface area contributed by atoms with Gasteiger partial charge in [-0.05, 0) is 35.9 Å². The van der Waals surface area contributed by atoms with Crippen molar-refractivity contribution >= 4 is 28.7 Å². The Morgan fingerprint density at radius 1 is 1.00 bits per heavy atom. The minimum Gasteiger partial charge on any atom is -0.488 e. The van der Waals surface area contributed by atoms with Crippen LogP contribution in [-0.2, 0) is 6.61 Å². The van der Waals surface area contributed by atoms with E-state index in [9.17, 15) is 9.59 Å². The van der Waals surface area contributed by atoms with Crippen molar-refractivity contribution in [3.8, 4) is 5.75 Å². The van der Waals surface area contributed by atoms with Crippen LogP contribution in [0.1, 0.15) is 11.1 Å². The summed E-state index contributed by atoms with van der Waals surface area (Å²) in [5.74, 6) is 0.535. The van der Waals surface area contributed by atoms with E-state index < -0.39 is 11.2 Å². The van der Waals surface area contributed by atoms with Crippen LogP contribution in [0.5, 0.6) is 5.75 Å². The van der Waals surface area contributed by atoms with E-state index in [2.05, 4.69) is 10.1 Å². The van der Waals surface area contributed by atoms with Gasteiger partial charge in [0.05, 0.1) is 17.1 Å². The Morgan fingerprint density at radius 2 is 1.76 bits per heavy atom. The number of rotatable bonds is 5. The van der Waals surface area contributed by atoms with Gasteiger partial charge in [0.1, 0.15) is 12.4 Å². The Bertz CT molecular complexity index is 1310. The molecule has 0 aliphatic rings. The minimum atomic E-state index is -0.626. The number of H-pyrrole nitrogens is 1. The molecule has 4 aromatic rings. The standard InChI is InChI=1S/C22H16ClN3O3/c23-17-10-11-20(29-14-15-6-2-1-3-7-15)16(12-17)13-24-26-21(27)18-8-4-5-9-19(18)25-22(26)28/h1-13H,14H2,(H,25,28). The second-order valence-electron chi connectivity index (χ2n) is 6.29. The molecule has 6 nitrogen and oxygen atoms in total. The van der Waals surface area contributed by atoms with Crippen LogP contribution in [0, 0.1) is 0 Å². The second-order valence-corrected chi connectivity index (χ2v) is 6.73. The lowest BCUT2D eigenvalue weighted by Crippen LogP contribution is -2.32. The van der Waals surface area contributed by atoms with Gasteiger partial charge in [0.2, 0.25) is 0 Å². The maximum atomic E-state index is 12.6. The summed E-state index contributed by atoms with van der Waals surface area (Å²) < 4.78 is 6.66. The van der Waals surface area contributed by atoms with Crippen LogP contribution in [0.3, 0.4) is 0 Å². The number of aromatic nitrogens is 2. The van der Waals surface area contributed by atoms with Gasteiger partial charge in [-0.2, -0.15) is 5.10 Å². The number of benzene rings is 3. The molecule has 0 fully saturated rings. The molecule has 0 radical (unpaired) electrons. The third-order valence-corrected chi connectivity index (χ3v) is 4.54. The molecule has 0 aliphatic heterocycles. The van der Waals surface area contributed by atoms with Gasteiger partial charge in [0.15, 0.2) is 0 Å². The van der Waals surface area contributed by atoms with Crippen LogP contribution in [0.2, 0.25) is 5.02 Å². The van der Waals surface area contributed by atoms with Crippen LogP contribution in [0.15, 0.2) is 87.5 Å². The van der Waals surface area contributed by atoms with E-state index in [1.54, 1.807) is 42.5 Å². The van der Waals surface area contributed by atoms with Crippen LogP contribution in [-0.4, -0.2) is 15.9 Å². The lowest BCUT2D eigenvalue weighted by atomic mass is 10.2. The topological polar surface area (TPSA) is 76.5 Å². The van der Waals surface area contributed by atoms with Crippen molar-refractivity contribution in [2.24, 2.45) is 5.10 Å². The number of aromatic amines is 1. The second kappa shape index (κ2) is 8.16. The normalized spacial score (nSPS) is 11.2. The van der Waals surface area contributed by atoms with Gasteiger partial charge in [-0.25, -0.2) is 4.79 Å². The van der Waals surface area contributed by atoms with E-state index in [0.717, 1.165) is 10.2 Å². The molecule has 3 aromatic carbocycles. The summed E-state index contributed by atoms with van der Waals surface area (Å²) in [6.07, 6.45) is 1.39. The summed E-state index contributed by atoms with van der Waals surface area (Å²) in [6.45, 7) is 0.361. The van der Waals surface area contributed by atoms with Gasteiger partial charge in [-0.1, -0.05) is 54.1 Å². The highest BCUT2D eigenvalue weighted by atomic mass is 35.5. The Morgan fingerprint density at radius 3 is 2.59 bits per heavy atom. The Hall–Kier alpha value is -3.64. The highest BCUT2D eigenvalue weighted by Gasteiger charge is 2.07. The molecular weight excluding hydrogens is 390 g/mol. The monoisotopic (exact) mass is 405 g/mol. The van der Waals surface area contributed by atoms with Crippen molar-refractivity contribution in [1.82, 2.24) is 9.66 Å². The molecule has 1 aromatic heterocycles. The number of hydrogen-bond acceptors (Lipinski definition) is 4. The molecule has 0 saturated carbocycles. The van der Waals surface area contributed by atoms with Crippen molar-refractivity contribution in [2.75, 3.05) is 0 Å². The maximum Gasteiger partial charge on any atom is 0.349 e. The summed E-state index contributed by atoms with van der Waals surface area (Å²) in [7, 11) is 0. The maximum absolute atomic E-state index is 12.6. The highest BCUT2D eigenvalue weighted by Crippen LogP contribution is 2.22. The first-order chi connectivity index (χ1) is 14.1. The van der Waals surface area contributed by atoms with Gasteiger partial charge < -0.3 is 9.72 Å². The average Bonchev–Trinajstić information content (AvgIpc) is 2.74. The van der Waals surface area contributed by atoms with Crippen molar-refractivity contribution in [3.63, 3.8) is 0 Å². The first-order valence-electron chi connectivity index (χ1n) is 8.86. The largest absolute Gasteiger partial charge is 0.488 e. The fraction of sp³-hybridized carbons (Fsp3) is 0.0455. The number of ether oxygens (including phenoxy) is 1. The first-order valence-corrected chi connectivity index (χ1v) is 9.24. The molecule has 0 saturated heterocycles. The van der Waals surface area contributed by atoms with E-state index in [0.29, 0.717) is 33.8 Å². The molecule has 144 valence electrons. The van der Waals surface area contributed by atoms with Crippen molar-refractivity contribution in [1.29, 1.82) is 0 Å². The van der Waals surface area contributed by atoms with Gasteiger partial charge in [0.25, 0.3) is 5.56 Å². The Kier molecular flexibility index (Phi) is 5.27. The quantitative estimate of drug-likeness (QED) is 0.513. The molecule has 1 heterocycles. The lowest BCUT2D eigenvalue weighted by Gasteiger charge is -2.09. The van der Waals surface area contributed by atoms with E-state index in [4.69, 9.17) is 16.3 Å². The predicted molar refractivity (Wildman–Crippen MR) is 114 cm³/mol. The van der Waals surface area contributed by atoms with Gasteiger partial charge >= 0.3 is 5.69 Å². The minimum absolute atomic E-state index is 0.361. The van der Waals surface area contributed by atoms with E-state index >= 15 is 0 Å². The molecule has 7 heteroatoms. The number of para-hydroxylation sites is 1. The smallest absolute Gasteiger partial charge is 0.349 e. The zero-order valence-corrected chi connectivity index (χ0v) is 16.0. The summed E-state index contributed by atoms with van der Waals surface area (Å²) in [4.78, 5) is 27.5. The molecule has 4 rings (SSSR count). The van der Waals surface area contributed by atoms with Crippen molar-refractivity contribution in [2.45, 2.75) is 6.61 Å². The zero-order valence-electron chi connectivity index (χ0n) is 15.2. The number of halogens is 1. The van der Waals surface area contributed by atoms with Crippen molar-refractivity contribution < 1.29 is 4.74 Å². The molecule has 0 bridgehead atoms. The number of fused-ring (bicyclic) bond motifs is 1. The SMILES string of the molecule is O=c1[nH]c2ccccc2c(=O)n1N=Cc1cc(Cl)ccc1OCc1ccccc1. The number of nitrogens with one attached hydrogen (secondary N) is 1. The fourth-order valence-electron chi connectivity index (χ4n) is 2.86. The molecule has 1 N–H and O–H groups in total. The van der Waals surface area contributed by atoms with Crippen LogP contribution in [0.25, 0.3) is 10.9 Å². The molecule has 0 aliphatic carbocycles. The summed E-state index contributed by atoms with van der Waals surface area (Å²) in [5, 5.41) is 4.93. The van der Waals surface area contributed by atoms with Crippen molar-refractivity contribution in [3.05, 3.63) is 110 Å². The summed E-state index contributed by atoms with van der Waals surface area (Å²) in [5.41, 5.74) is 0.886. The molecule has 0 amide bonds. The Labute approximate surface area is 170 Å². The molecule has 0 atom stereocenters. The molecular formula is C22H16ClN3O3. The summed E-state index contributed by atoms with van der Waals surface area (Å²) >= 11 is 6.10. The first kappa shape index (κ1) is 18.7. The lowest BCUT2D eigenvalue weighted by molar-refractivity contribution is 0.306. The van der Waals surface area contributed by atoms with Gasteiger partial charge in [0, 0.05) is 10.6 Å². The molecule has 0 unspecified atom stereocenters. The van der Waals surface area contributed by atoms with Crippen LogP contribution in [0.4, 0.5) is 0 Å². The fourth-order valence-corrected chi connectivity index (χ4v) is 3.05.